The predicted octanol–water partition coefficient (Wildman–Crippen LogP) is 8.29. The first-order chi connectivity index (χ1) is 17.0. The molecule has 0 amide bonds. The molecule has 1 fully saturated rings. The number of halogens is 3. The maximum Gasteiger partial charge on any atom is 0.168 e. The van der Waals surface area contributed by atoms with Gasteiger partial charge >= 0.3 is 0 Å². The van der Waals surface area contributed by atoms with E-state index in [0.29, 0.717) is 10.6 Å². The van der Waals surface area contributed by atoms with Crippen molar-refractivity contribution in [2.75, 3.05) is 0 Å². The molecule has 1 unspecified atom stereocenters. The molecule has 6 heteroatoms. The number of imidazole rings is 1. The van der Waals surface area contributed by atoms with Crippen LogP contribution in [0.1, 0.15) is 48.8 Å². The van der Waals surface area contributed by atoms with E-state index in [9.17, 15) is 4.39 Å². The lowest BCUT2D eigenvalue weighted by molar-refractivity contribution is 0.238. The summed E-state index contributed by atoms with van der Waals surface area (Å²) in [6.45, 7) is 0. The van der Waals surface area contributed by atoms with E-state index in [1.54, 1.807) is 24.4 Å². The Morgan fingerprint density at radius 3 is 2.26 bits per heavy atom. The lowest BCUT2D eigenvalue weighted by atomic mass is 9.57. The van der Waals surface area contributed by atoms with Crippen molar-refractivity contribution >= 4 is 23.4 Å². The second-order valence-electron chi connectivity index (χ2n) is 9.21. The Hall–Kier alpha value is -2.63. The predicted molar refractivity (Wildman–Crippen MR) is 139 cm³/mol. The number of hydrogen-bond acceptors (Lipinski definition) is 2. The van der Waals surface area contributed by atoms with Crippen LogP contribution in [0.4, 0.5) is 8.78 Å². The zero-order valence-electron chi connectivity index (χ0n) is 19.6. The number of thioether (sulfide) groups is 1. The van der Waals surface area contributed by atoms with Crippen LogP contribution < -0.4 is 0 Å². The highest BCUT2D eigenvalue weighted by molar-refractivity contribution is 8.00. The minimum atomic E-state index is -0.948. The first-order valence-corrected chi connectivity index (χ1v) is 13.1. The zero-order valence-corrected chi connectivity index (χ0v) is 21.1. The fraction of sp³-hybridized carbons (Fsp3) is 0.276. The van der Waals surface area contributed by atoms with Crippen LogP contribution in [0.2, 0.25) is 5.02 Å². The van der Waals surface area contributed by atoms with E-state index in [-0.39, 0.29) is 11.6 Å². The normalized spacial score (nSPS) is 17.1. The Morgan fingerprint density at radius 2 is 1.60 bits per heavy atom. The van der Waals surface area contributed by atoms with Crippen molar-refractivity contribution in [3.8, 4) is 0 Å². The lowest BCUT2D eigenvalue weighted by Crippen LogP contribution is -2.50. The average Bonchev–Trinajstić information content (AvgIpc) is 3.28. The van der Waals surface area contributed by atoms with Crippen LogP contribution in [-0.4, -0.2) is 9.55 Å². The molecule has 0 spiro atoms. The molecule has 0 aliphatic heterocycles. The highest BCUT2D eigenvalue weighted by Gasteiger charge is 2.57. The smallest absolute Gasteiger partial charge is 0.168 e. The third-order valence-electron chi connectivity index (χ3n) is 7.30. The number of rotatable bonds is 6. The Labute approximate surface area is 214 Å². The SMILES string of the molecule is Cn1ccnc1SC(c1ccc(F)cc1)(c1ccccc1F)C1(c2ccccc2Cl)CCCCC1. The summed E-state index contributed by atoms with van der Waals surface area (Å²) in [5, 5.41) is 1.42. The lowest BCUT2D eigenvalue weighted by Gasteiger charge is -2.53. The number of benzene rings is 3. The molecule has 5 rings (SSSR count). The summed E-state index contributed by atoms with van der Waals surface area (Å²) in [5.41, 5.74) is 1.83. The summed E-state index contributed by atoms with van der Waals surface area (Å²) < 4.78 is 31.2. The molecule has 0 saturated heterocycles. The molecule has 180 valence electrons. The monoisotopic (exact) mass is 508 g/mol. The highest BCUT2D eigenvalue weighted by Crippen LogP contribution is 2.64. The Morgan fingerprint density at radius 1 is 0.914 bits per heavy atom. The quantitative estimate of drug-likeness (QED) is 0.244. The molecule has 0 radical (unpaired) electrons. The molecule has 0 N–H and O–H groups in total. The summed E-state index contributed by atoms with van der Waals surface area (Å²) in [5.74, 6) is -0.621. The van der Waals surface area contributed by atoms with Gasteiger partial charge in [-0.1, -0.05) is 91.2 Å². The van der Waals surface area contributed by atoms with Crippen molar-refractivity contribution in [3.63, 3.8) is 0 Å². The van der Waals surface area contributed by atoms with Gasteiger partial charge in [-0.3, -0.25) is 0 Å². The van der Waals surface area contributed by atoms with Crippen molar-refractivity contribution in [2.24, 2.45) is 7.05 Å². The number of nitrogens with zero attached hydrogens (tertiary/aromatic N) is 2. The molecule has 1 aliphatic carbocycles. The maximum absolute atomic E-state index is 16.0. The van der Waals surface area contributed by atoms with Crippen LogP contribution in [0.5, 0.6) is 0 Å². The molecule has 3 aromatic carbocycles. The summed E-state index contributed by atoms with van der Waals surface area (Å²) in [6, 6.07) is 21.4. The van der Waals surface area contributed by atoms with Gasteiger partial charge in [-0.2, -0.15) is 0 Å². The molecule has 35 heavy (non-hydrogen) atoms. The van der Waals surface area contributed by atoms with Crippen LogP contribution >= 0.6 is 23.4 Å². The van der Waals surface area contributed by atoms with Crippen molar-refractivity contribution in [1.29, 1.82) is 0 Å². The van der Waals surface area contributed by atoms with Gasteiger partial charge in [0.15, 0.2) is 5.16 Å². The van der Waals surface area contributed by atoms with E-state index in [1.165, 1.54) is 30.0 Å². The van der Waals surface area contributed by atoms with E-state index >= 15 is 4.39 Å². The number of aromatic nitrogens is 2. The number of hydrogen-bond donors (Lipinski definition) is 0. The first-order valence-electron chi connectivity index (χ1n) is 11.9. The number of aryl methyl sites for hydroxylation is 1. The van der Waals surface area contributed by atoms with E-state index in [4.69, 9.17) is 11.6 Å². The van der Waals surface area contributed by atoms with Crippen molar-refractivity contribution in [2.45, 2.75) is 47.4 Å². The zero-order chi connectivity index (χ0) is 24.5. The molecule has 1 aliphatic rings. The van der Waals surface area contributed by atoms with Gasteiger partial charge in [0.05, 0.1) is 4.75 Å². The molecule has 2 nitrogen and oxygen atoms in total. The molecule has 1 saturated carbocycles. The van der Waals surface area contributed by atoms with Gasteiger partial charge in [0.1, 0.15) is 11.6 Å². The Kier molecular flexibility index (Phi) is 6.73. The molecule has 0 bridgehead atoms. The van der Waals surface area contributed by atoms with Crippen molar-refractivity contribution < 1.29 is 8.78 Å². The molecular formula is C29H27ClF2N2S. The minimum absolute atomic E-state index is 0.296. The van der Waals surface area contributed by atoms with Crippen LogP contribution in [0.25, 0.3) is 0 Å². The highest BCUT2D eigenvalue weighted by atomic mass is 35.5. The molecule has 1 atom stereocenters. The summed E-state index contributed by atoms with van der Waals surface area (Å²) in [4.78, 5) is 4.64. The summed E-state index contributed by atoms with van der Waals surface area (Å²) >= 11 is 8.46. The van der Waals surface area contributed by atoms with Crippen molar-refractivity contribution in [1.82, 2.24) is 9.55 Å². The van der Waals surface area contributed by atoms with E-state index < -0.39 is 10.2 Å². The topological polar surface area (TPSA) is 17.8 Å². The fourth-order valence-corrected chi connectivity index (χ4v) is 7.68. The summed E-state index contributed by atoms with van der Waals surface area (Å²) in [7, 11) is 1.94. The van der Waals surface area contributed by atoms with Gasteiger partial charge in [-0.15, -0.1) is 0 Å². The van der Waals surface area contributed by atoms with Crippen LogP contribution in [0.3, 0.4) is 0 Å². The standard InChI is InChI=1S/C29H27ClF2N2S/c1-34-20-19-33-27(34)35-29(21-13-15-22(31)16-14-21,24-10-4-6-12-26(24)32)28(17-7-2-8-18-28)23-9-3-5-11-25(23)30/h3-6,9-16,19-20H,2,7-8,17-18H2,1H3. The van der Waals surface area contributed by atoms with E-state index in [0.717, 1.165) is 48.4 Å². The van der Waals surface area contributed by atoms with Crippen molar-refractivity contribution in [3.05, 3.63) is 119 Å². The first kappa shape index (κ1) is 24.1. The molecule has 1 aromatic heterocycles. The van der Waals surface area contributed by atoms with Gasteiger partial charge in [-0.05, 0) is 48.2 Å². The Bertz CT molecular complexity index is 1310. The second kappa shape index (κ2) is 9.79. The third kappa shape index (κ3) is 4.09. The molecule has 4 aromatic rings. The third-order valence-corrected chi connectivity index (χ3v) is 9.35. The second-order valence-corrected chi connectivity index (χ2v) is 10.8. The Balaban J connectivity index is 1.93. The van der Waals surface area contributed by atoms with Crippen LogP contribution in [0.15, 0.2) is 90.3 Å². The van der Waals surface area contributed by atoms with E-state index in [2.05, 4.69) is 11.1 Å². The minimum Gasteiger partial charge on any atom is -0.329 e. The summed E-state index contributed by atoms with van der Waals surface area (Å²) in [6.07, 6.45) is 8.37. The van der Waals surface area contributed by atoms with Gasteiger partial charge in [-0.25, -0.2) is 13.8 Å². The largest absolute Gasteiger partial charge is 0.329 e. The molecule has 1 heterocycles. The van der Waals surface area contributed by atoms with Gasteiger partial charge < -0.3 is 4.57 Å². The fourth-order valence-electron chi connectivity index (χ4n) is 5.74. The average molecular weight is 509 g/mol. The van der Waals surface area contributed by atoms with Gasteiger partial charge in [0, 0.05) is 35.4 Å². The van der Waals surface area contributed by atoms with Gasteiger partial charge in [0.2, 0.25) is 0 Å². The van der Waals surface area contributed by atoms with E-state index in [1.807, 2.05) is 48.1 Å². The molecular weight excluding hydrogens is 482 g/mol. The maximum atomic E-state index is 16.0. The van der Waals surface area contributed by atoms with Gasteiger partial charge in [0.25, 0.3) is 0 Å². The van der Waals surface area contributed by atoms with Crippen LogP contribution in [0, 0.1) is 11.6 Å². The van der Waals surface area contributed by atoms with Crippen LogP contribution in [-0.2, 0) is 17.2 Å².